The number of pyridine rings is 1. The van der Waals surface area contributed by atoms with Crippen LogP contribution in [-0.2, 0) is 0 Å². The Bertz CT molecular complexity index is 978. The van der Waals surface area contributed by atoms with Crippen LogP contribution in [0.15, 0.2) is 60.9 Å². The largest absolute Gasteiger partial charge is 0.278 e. The molecule has 0 bridgehead atoms. The van der Waals surface area contributed by atoms with Crippen LogP contribution in [0.3, 0.4) is 0 Å². The molecule has 112 valence electrons. The number of H-pyrrole nitrogens is 1. The van der Waals surface area contributed by atoms with Crippen molar-refractivity contribution in [2.24, 2.45) is 0 Å². The van der Waals surface area contributed by atoms with Crippen LogP contribution in [0.5, 0.6) is 0 Å². The molecule has 0 aliphatic carbocycles. The van der Waals surface area contributed by atoms with Gasteiger partial charge in [-0.3, -0.25) is 10.1 Å². The van der Waals surface area contributed by atoms with E-state index in [2.05, 4.69) is 71.5 Å². The number of aromatic amines is 1. The third-order valence-corrected chi connectivity index (χ3v) is 4.05. The molecule has 3 heteroatoms. The van der Waals surface area contributed by atoms with E-state index in [1.54, 1.807) is 0 Å². The maximum atomic E-state index is 4.65. The molecule has 2 aromatic heterocycles. The van der Waals surface area contributed by atoms with Crippen LogP contribution in [0.25, 0.3) is 33.3 Å². The Hall–Kier alpha value is -2.94. The molecular formula is C20H17N3. The molecule has 0 aliphatic heterocycles. The summed E-state index contributed by atoms with van der Waals surface area (Å²) in [4.78, 5) is 4.65. The summed E-state index contributed by atoms with van der Waals surface area (Å²) in [7, 11) is 0. The molecule has 1 N–H and O–H groups in total. The first-order chi connectivity index (χ1) is 11.2. The van der Waals surface area contributed by atoms with Crippen LogP contribution < -0.4 is 0 Å². The highest BCUT2D eigenvalue weighted by Gasteiger charge is 2.10. The van der Waals surface area contributed by atoms with Crippen molar-refractivity contribution in [3.05, 3.63) is 72.1 Å². The van der Waals surface area contributed by atoms with Crippen molar-refractivity contribution in [3.8, 4) is 22.4 Å². The van der Waals surface area contributed by atoms with Gasteiger partial charge < -0.3 is 0 Å². The molecule has 0 atom stereocenters. The van der Waals surface area contributed by atoms with Gasteiger partial charge in [-0.15, -0.1) is 0 Å². The molecule has 0 aliphatic rings. The Morgan fingerprint density at radius 3 is 2.52 bits per heavy atom. The average molecular weight is 299 g/mol. The van der Waals surface area contributed by atoms with E-state index in [0.29, 0.717) is 0 Å². The van der Waals surface area contributed by atoms with Crippen molar-refractivity contribution in [1.82, 2.24) is 15.2 Å². The second-order valence-corrected chi connectivity index (χ2v) is 5.95. The number of nitrogens with one attached hydrogen (secondary N) is 1. The van der Waals surface area contributed by atoms with E-state index in [1.807, 2.05) is 18.5 Å². The quantitative estimate of drug-likeness (QED) is 0.571. The van der Waals surface area contributed by atoms with Gasteiger partial charge in [0.25, 0.3) is 0 Å². The van der Waals surface area contributed by atoms with Crippen LogP contribution in [0.4, 0.5) is 0 Å². The van der Waals surface area contributed by atoms with Crippen molar-refractivity contribution < 1.29 is 0 Å². The second-order valence-electron chi connectivity index (χ2n) is 5.95. The third-order valence-electron chi connectivity index (χ3n) is 4.05. The topological polar surface area (TPSA) is 41.6 Å². The number of nitrogens with zero attached hydrogens (tertiary/aromatic N) is 2. The Morgan fingerprint density at radius 1 is 0.870 bits per heavy atom. The van der Waals surface area contributed by atoms with E-state index in [-0.39, 0.29) is 0 Å². The van der Waals surface area contributed by atoms with Crippen LogP contribution >= 0.6 is 0 Å². The summed E-state index contributed by atoms with van der Waals surface area (Å²) < 4.78 is 0. The second kappa shape index (κ2) is 5.36. The number of hydrogen-bond acceptors (Lipinski definition) is 2. The molecule has 2 aromatic carbocycles. The standard InChI is InChI=1S/C20H17N3/c1-13-8-14(2)10-16(9-13)20-18(4-3-7-21-20)15-5-6-19-17(11-15)12-22-23-19/h3-12H,1-2H3,(H,22,23). The number of hydrogen-bond donors (Lipinski definition) is 1. The number of benzene rings is 2. The van der Waals surface area contributed by atoms with Gasteiger partial charge in [0.2, 0.25) is 0 Å². The van der Waals surface area contributed by atoms with Gasteiger partial charge in [0, 0.05) is 22.7 Å². The first-order valence-electron chi connectivity index (χ1n) is 7.68. The van der Waals surface area contributed by atoms with Gasteiger partial charge in [-0.05, 0) is 49.7 Å². The van der Waals surface area contributed by atoms with E-state index >= 15 is 0 Å². The number of fused-ring (bicyclic) bond motifs is 1. The van der Waals surface area contributed by atoms with Crippen molar-refractivity contribution >= 4 is 10.9 Å². The molecule has 0 amide bonds. The molecule has 0 saturated carbocycles. The third kappa shape index (κ3) is 2.50. The Kier molecular flexibility index (Phi) is 3.19. The Morgan fingerprint density at radius 2 is 1.70 bits per heavy atom. The summed E-state index contributed by atoms with van der Waals surface area (Å²) in [6, 6.07) is 17.0. The Labute approximate surface area is 135 Å². The van der Waals surface area contributed by atoms with Gasteiger partial charge in [-0.25, -0.2) is 0 Å². The minimum absolute atomic E-state index is 1.02. The predicted molar refractivity (Wildman–Crippen MR) is 94.2 cm³/mol. The lowest BCUT2D eigenvalue weighted by atomic mass is 9.96. The summed E-state index contributed by atoms with van der Waals surface area (Å²) in [5.74, 6) is 0. The SMILES string of the molecule is Cc1cc(C)cc(-c2ncccc2-c2ccc3[nH]ncc3c2)c1. The molecular weight excluding hydrogens is 282 g/mol. The average Bonchev–Trinajstić information content (AvgIpc) is 3.01. The highest BCUT2D eigenvalue weighted by molar-refractivity contribution is 5.88. The van der Waals surface area contributed by atoms with E-state index in [9.17, 15) is 0 Å². The number of rotatable bonds is 2. The van der Waals surface area contributed by atoms with Gasteiger partial charge in [-0.1, -0.05) is 29.3 Å². The maximum absolute atomic E-state index is 4.65. The smallest absolute Gasteiger partial charge is 0.0780 e. The number of aromatic nitrogens is 3. The van der Waals surface area contributed by atoms with Crippen LogP contribution in [0, 0.1) is 13.8 Å². The van der Waals surface area contributed by atoms with Gasteiger partial charge in [0.15, 0.2) is 0 Å². The van der Waals surface area contributed by atoms with Gasteiger partial charge >= 0.3 is 0 Å². The van der Waals surface area contributed by atoms with E-state index in [0.717, 1.165) is 33.3 Å². The minimum atomic E-state index is 1.02. The Balaban J connectivity index is 1.92. The number of aryl methyl sites for hydroxylation is 2. The molecule has 0 radical (unpaired) electrons. The maximum Gasteiger partial charge on any atom is 0.0780 e. The van der Waals surface area contributed by atoms with Crippen LogP contribution in [-0.4, -0.2) is 15.2 Å². The zero-order chi connectivity index (χ0) is 15.8. The lowest BCUT2D eigenvalue weighted by molar-refractivity contribution is 1.12. The minimum Gasteiger partial charge on any atom is -0.278 e. The first kappa shape index (κ1) is 13.7. The normalized spacial score (nSPS) is 11.0. The van der Waals surface area contributed by atoms with Gasteiger partial charge in [0.1, 0.15) is 0 Å². The van der Waals surface area contributed by atoms with E-state index < -0.39 is 0 Å². The van der Waals surface area contributed by atoms with Crippen LogP contribution in [0.1, 0.15) is 11.1 Å². The zero-order valence-electron chi connectivity index (χ0n) is 13.2. The van der Waals surface area contributed by atoms with E-state index in [1.165, 1.54) is 11.1 Å². The van der Waals surface area contributed by atoms with Crippen molar-refractivity contribution in [2.75, 3.05) is 0 Å². The molecule has 2 heterocycles. The highest BCUT2D eigenvalue weighted by Crippen LogP contribution is 2.32. The van der Waals surface area contributed by atoms with Gasteiger partial charge in [0.05, 0.1) is 17.4 Å². The fourth-order valence-corrected chi connectivity index (χ4v) is 3.09. The summed E-state index contributed by atoms with van der Waals surface area (Å²) >= 11 is 0. The predicted octanol–water partition coefficient (Wildman–Crippen LogP) is 4.91. The fourth-order valence-electron chi connectivity index (χ4n) is 3.09. The fraction of sp³-hybridized carbons (Fsp3) is 0.100. The molecule has 0 unspecified atom stereocenters. The molecule has 0 saturated heterocycles. The lowest BCUT2D eigenvalue weighted by Crippen LogP contribution is -1.90. The first-order valence-corrected chi connectivity index (χ1v) is 7.68. The molecule has 4 aromatic rings. The van der Waals surface area contributed by atoms with Gasteiger partial charge in [-0.2, -0.15) is 5.10 Å². The van der Waals surface area contributed by atoms with Crippen molar-refractivity contribution in [1.29, 1.82) is 0 Å². The monoisotopic (exact) mass is 299 g/mol. The van der Waals surface area contributed by atoms with E-state index in [4.69, 9.17) is 0 Å². The summed E-state index contributed by atoms with van der Waals surface area (Å²) in [6.45, 7) is 4.24. The zero-order valence-corrected chi connectivity index (χ0v) is 13.2. The summed E-state index contributed by atoms with van der Waals surface area (Å²) in [5.41, 5.74) is 8.02. The van der Waals surface area contributed by atoms with Crippen molar-refractivity contribution in [3.63, 3.8) is 0 Å². The molecule has 0 fully saturated rings. The molecule has 3 nitrogen and oxygen atoms in total. The molecule has 23 heavy (non-hydrogen) atoms. The van der Waals surface area contributed by atoms with Crippen molar-refractivity contribution in [2.45, 2.75) is 13.8 Å². The summed E-state index contributed by atoms with van der Waals surface area (Å²) in [6.07, 6.45) is 3.71. The lowest BCUT2D eigenvalue weighted by Gasteiger charge is -2.11. The molecule has 4 rings (SSSR count). The van der Waals surface area contributed by atoms with Crippen LogP contribution in [0.2, 0.25) is 0 Å². The molecule has 0 spiro atoms. The summed E-state index contributed by atoms with van der Waals surface area (Å²) in [5, 5.41) is 8.20. The highest BCUT2D eigenvalue weighted by atomic mass is 15.1.